The van der Waals surface area contributed by atoms with Crippen molar-refractivity contribution in [2.45, 2.75) is 19.3 Å². The van der Waals surface area contributed by atoms with Crippen molar-refractivity contribution in [3.63, 3.8) is 0 Å². The summed E-state index contributed by atoms with van der Waals surface area (Å²) in [7, 11) is 1.68. The molecular weight excluding hydrogens is 329 g/mol. The predicted octanol–water partition coefficient (Wildman–Crippen LogP) is 3.48. The number of nitrogens with zero attached hydrogens (tertiary/aromatic N) is 1. The zero-order valence-corrected chi connectivity index (χ0v) is 14.1. The third-order valence-corrected chi connectivity index (χ3v) is 4.89. The van der Waals surface area contributed by atoms with Crippen LogP contribution in [-0.2, 0) is 17.6 Å². The van der Waals surface area contributed by atoms with Gasteiger partial charge < -0.3 is 15.5 Å². The van der Waals surface area contributed by atoms with Gasteiger partial charge in [0, 0.05) is 30.6 Å². The first kappa shape index (κ1) is 16.4. The molecule has 2 heterocycles. The number of aryl methyl sites for hydroxylation is 1. The van der Waals surface area contributed by atoms with Crippen LogP contribution >= 0.6 is 11.3 Å². The van der Waals surface area contributed by atoms with E-state index in [9.17, 15) is 14.0 Å². The Hall–Kier alpha value is -2.41. The van der Waals surface area contributed by atoms with Gasteiger partial charge in [0.15, 0.2) is 0 Å². The molecule has 3 amide bonds. The lowest BCUT2D eigenvalue weighted by Gasteiger charge is -2.21. The van der Waals surface area contributed by atoms with Crippen molar-refractivity contribution in [3.05, 3.63) is 45.9 Å². The average Bonchev–Trinajstić information content (AvgIpc) is 3.07. The molecule has 0 radical (unpaired) electrons. The van der Waals surface area contributed by atoms with Crippen molar-refractivity contribution in [2.24, 2.45) is 0 Å². The van der Waals surface area contributed by atoms with E-state index in [1.54, 1.807) is 24.5 Å². The van der Waals surface area contributed by atoms with Gasteiger partial charge in [-0.15, -0.1) is 11.3 Å². The van der Waals surface area contributed by atoms with Crippen LogP contribution in [0.2, 0.25) is 0 Å². The van der Waals surface area contributed by atoms with Crippen LogP contribution in [-0.4, -0.2) is 30.4 Å². The number of amides is 3. The summed E-state index contributed by atoms with van der Waals surface area (Å²) in [5.41, 5.74) is 1.44. The molecule has 5 nitrogen and oxygen atoms in total. The standard InChI is InChI=1S/C17H18FN3O2S/c1-21(7-6-12-3-2-8-24-12)17(23)20-15-9-11-4-5-16(22)19-14(11)10-13(15)18/h2-3,8-10H,4-7H2,1H3,(H,19,22)(H,20,23). The molecule has 2 aromatic rings. The molecule has 7 heteroatoms. The number of halogens is 1. The van der Waals surface area contributed by atoms with E-state index in [1.165, 1.54) is 15.8 Å². The van der Waals surface area contributed by atoms with Gasteiger partial charge in [-0.1, -0.05) is 6.07 Å². The molecule has 0 unspecified atom stereocenters. The third kappa shape index (κ3) is 3.73. The molecule has 0 aliphatic carbocycles. The quantitative estimate of drug-likeness (QED) is 0.889. The van der Waals surface area contributed by atoms with E-state index < -0.39 is 5.82 Å². The Morgan fingerprint density at radius 1 is 1.42 bits per heavy atom. The minimum Gasteiger partial charge on any atom is -0.327 e. The van der Waals surface area contributed by atoms with Crippen molar-refractivity contribution in [3.8, 4) is 0 Å². The van der Waals surface area contributed by atoms with Gasteiger partial charge >= 0.3 is 6.03 Å². The minimum atomic E-state index is -0.559. The SMILES string of the molecule is CN(CCc1cccs1)C(=O)Nc1cc2c(cc1F)NC(=O)CC2. The maximum absolute atomic E-state index is 14.2. The second-order valence-electron chi connectivity index (χ2n) is 5.72. The monoisotopic (exact) mass is 347 g/mol. The molecule has 1 aromatic carbocycles. The molecule has 0 bridgehead atoms. The zero-order valence-electron chi connectivity index (χ0n) is 13.3. The number of benzene rings is 1. The molecule has 0 saturated carbocycles. The summed E-state index contributed by atoms with van der Waals surface area (Å²) >= 11 is 1.65. The molecule has 0 fully saturated rings. The first-order valence-corrected chi connectivity index (χ1v) is 8.57. The Bertz CT molecular complexity index is 761. The number of urea groups is 1. The van der Waals surface area contributed by atoms with Crippen LogP contribution in [0.3, 0.4) is 0 Å². The highest BCUT2D eigenvalue weighted by atomic mass is 32.1. The smallest absolute Gasteiger partial charge is 0.321 e. The molecule has 2 N–H and O–H groups in total. The predicted molar refractivity (Wildman–Crippen MR) is 93.0 cm³/mol. The molecule has 24 heavy (non-hydrogen) atoms. The summed E-state index contributed by atoms with van der Waals surface area (Å²) < 4.78 is 14.2. The summed E-state index contributed by atoms with van der Waals surface area (Å²) in [5, 5.41) is 7.24. The lowest BCUT2D eigenvalue weighted by Crippen LogP contribution is -2.33. The maximum atomic E-state index is 14.2. The van der Waals surface area contributed by atoms with Gasteiger partial charge in [-0.05, 0) is 42.0 Å². The Balaban J connectivity index is 1.64. The van der Waals surface area contributed by atoms with Crippen molar-refractivity contribution < 1.29 is 14.0 Å². The molecule has 1 aliphatic rings. The van der Waals surface area contributed by atoms with Crippen LogP contribution in [0.1, 0.15) is 16.9 Å². The lowest BCUT2D eigenvalue weighted by molar-refractivity contribution is -0.116. The number of hydrogen-bond donors (Lipinski definition) is 2. The van der Waals surface area contributed by atoms with Gasteiger partial charge in [-0.2, -0.15) is 0 Å². The highest BCUT2D eigenvalue weighted by molar-refractivity contribution is 7.09. The van der Waals surface area contributed by atoms with Crippen LogP contribution < -0.4 is 10.6 Å². The van der Waals surface area contributed by atoms with Gasteiger partial charge in [-0.25, -0.2) is 9.18 Å². The van der Waals surface area contributed by atoms with Gasteiger partial charge in [0.1, 0.15) is 5.82 Å². The Morgan fingerprint density at radius 3 is 3.00 bits per heavy atom. The number of nitrogens with one attached hydrogen (secondary N) is 2. The van der Waals surface area contributed by atoms with Crippen LogP contribution in [0.4, 0.5) is 20.6 Å². The normalized spacial score (nSPS) is 13.2. The first-order chi connectivity index (χ1) is 11.5. The number of likely N-dealkylation sites (N-methyl/N-ethyl adjacent to an activating group) is 1. The van der Waals surface area contributed by atoms with Crippen molar-refractivity contribution in [1.82, 2.24) is 4.90 Å². The fourth-order valence-corrected chi connectivity index (χ4v) is 3.24. The van der Waals surface area contributed by atoms with Crippen molar-refractivity contribution >= 4 is 34.6 Å². The second kappa shape index (κ2) is 7.00. The van der Waals surface area contributed by atoms with E-state index in [-0.39, 0.29) is 17.6 Å². The Labute approximate surface area is 143 Å². The number of fused-ring (bicyclic) bond motifs is 1. The lowest BCUT2D eigenvalue weighted by atomic mass is 10.0. The second-order valence-corrected chi connectivity index (χ2v) is 6.75. The average molecular weight is 347 g/mol. The topological polar surface area (TPSA) is 61.4 Å². The van der Waals surface area contributed by atoms with Crippen LogP contribution in [0, 0.1) is 5.82 Å². The largest absolute Gasteiger partial charge is 0.327 e. The number of hydrogen-bond acceptors (Lipinski definition) is 3. The van der Waals surface area contributed by atoms with Gasteiger partial charge in [-0.3, -0.25) is 4.79 Å². The summed E-state index contributed by atoms with van der Waals surface area (Å²) in [6, 6.07) is 6.49. The fraction of sp³-hybridized carbons (Fsp3) is 0.294. The number of carbonyl (C=O) groups is 2. The Morgan fingerprint density at radius 2 is 2.25 bits per heavy atom. The molecule has 3 rings (SSSR count). The van der Waals surface area contributed by atoms with Crippen LogP contribution in [0.5, 0.6) is 0 Å². The molecule has 126 valence electrons. The summed E-state index contributed by atoms with van der Waals surface area (Å²) in [6.07, 6.45) is 1.67. The van der Waals surface area contributed by atoms with Crippen molar-refractivity contribution in [2.75, 3.05) is 24.2 Å². The van der Waals surface area contributed by atoms with E-state index in [2.05, 4.69) is 10.6 Å². The van der Waals surface area contributed by atoms with E-state index in [4.69, 9.17) is 0 Å². The number of thiophene rings is 1. The number of rotatable bonds is 4. The molecular formula is C17H18FN3O2S. The highest BCUT2D eigenvalue weighted by Gasteiger charge is 2.19. The van der Waals surface area contributed by atoms with Crippen LogP contribution in [0.15, 0.2) is 29.6 Å². The summed E-state index contributed by atoms with van der Waals surface area (Å²) in [6.45, 7) is 0.551. The minimum absolute atomic E-state index is 0.119. The molecule has 0 spiro atoms. The van der Waals surface area contributed by atoms with Gasteiger partial charge in [0.25, 0.3) is 0 Å². The third-order valence-electron chi connectivity index (χ3n) is 3.95. The van der Waals surface area contributed by atoms with E-state index in [1.807, 2.05) is 17.5 Å². The maximum Gasteiger partial charge on any atom is 0.321 e. The molecule has 0 saturated heterocycles. The molecule has 0 atom stereocenters. The summed E-state index contributed by atoms with van der Waals surface area (Å²) in [5.74, 6) is -0.678. The number of anilines is 2. The van der Waals surface area contributed by atoms with Gasteiger partial charge in [0.05, 0.1) is 5.69 Å². The van der Waals surface area contributed by atoms with Gasteiger partial charge in [0.2, 0.25) is 5.91 Å². The van der Waals surface area contributed by atoms with E-state index in [0.717, 1.165) is 12.0 Å². The molecule has 1 aromatic heterocycles. The van der Waals surface area contributed by atoms with E-state index >= 15 is 0 Å². The highest BCUT2D eigenvalue weighted by Crippen LogP contribution is 2.28. The number of carbonyl (C=O) groups excluding carboxylic acids is 2. The van der Waals surface area contributed by atoms with Crippen molar-refractivity contribution in [1.29, 1.82) is 0 Å². The van der Waals surface area contributed by atoms with E-state index in [0.29, 0.717) is 25.1 Å². The molecule has 1 aliphatic heterocycles. The van der Waals surface area contributed by atoms with Crippen LogP contribution in [0.25, 0.3) is 0 Å². The first-order valence-electron chi connectivity index (χ1n) is 7.69. The summed E-state index contributed by atoms with van der Waals surface area (Å²) in [4.78, 5) is 26.3. The fourth-order valence-electron chi connectivity index (χ4n) is 2.54. The Kier molecular flexibility index (Phi) is 4.80. The zero-order chi connectivity index (χ0) is 17.1.